The molecule has 4 aromatic rings. The van der Waals surface area contributed by atoms with Crippen molar-refractivity contribution in [2.45, 2.75) is 13.8 Å². The first-order valence-corrected chi connectivity index (χ1v) is 9.79. The number of hydrogen-bond donors (Lipinski definition) is 1. The second kappa shape index (κ2) is 7.41. The highest BCUT2D eigenvalue weighted by Gasteiger charge is 2.11. The highest BCUT2D eigenvalue weighted by molar-refractivity contribution is 9.10. The van der Waals surface area contributed by atoms with Crippen LogP contribution in [-0.2, 0) is 0 Å². The second-order valence-electron chi connectivity index (χ2n) is 6.53. The Balaban J connectivity index is 1.74. The van der Waals surface area contributed by atoms with Crippen LogP contribution < -0.4 is 0 Å². The largest absolute Gasteiger partial charge is 0.506 e. The number of aliphatic imine (C=N–C) groups is 1. The van der Waals surface area contributed by atoms with Crippen LogP contribution in [-0.4, -0.2) is 16.3 Å². The Morgan fingerprint density at radius 3 is 2.71 bits per heavy atom. The zero-order valence-corrected chi connectivity index (χ0v) is 17.5. The lowest BCUT2D eigenvalue weighted by molar-refractivity contribution is 0.474. The molecule has 0 amide bonds. The van der Waals surface area contributed by atoms with E-state index in [9.17, 15) is 5.11 Å². The van der Waals surface area contributed by atoms with Crippen LogP contribution in [0.5, 0.6) is 5.75 Å². The van der Waals surface area contributed by atoms with E-state index in [0.29, 0.717) is 11.5 Å². The van der Waals surface area contributed by atoms with Crippen molar-refractivity contribution in [1.82, 2.24) is 4.98 Å². The Kier molecular flexibility index (Phi) is 4.96. The minimum absolute atomic E-state index is 0.00292. The van der Waals surface area contributed by atoms with E-state index in [2.05, 4.69) is 25.9 Å². The van der Waals surface area contributed by atoms with Gasteiger partial charge in [0.2, 0.25) is 5.89 Å². The number of fused-ring (bicyclic) bond motifs is 1. The van der Waals surface area contributed by atoms with Crippen molar-refractivity contribution in [2.75, 3.05) is 0 Å². The molecular formula is C22H16BrClN2O2. The summed E-state index contributed by atoms with van der Waals surface area (Å²) in [6.45, 7) is 3.98. The Hall–Kier alpha value is -2.63. The van der Waals surface area contributed by atoms with Crippen LogP contribution >= 0.6 is 27.5 Å². The normalized spacial score (nSPS) is 11.6. The molecule has 0 saturated carbocycles. The van der Waals surface area contributed by atoms with E-state index >= 15 is 0 Å². The topological polar surface area (TPSA) is 58.6 Å². The van der Waals surface area contributed by atoms with Crippen molar-refractivity contribution in [3.63, 3.8) is 0 Å². The zero-order chi connectivity index (χ0) is 19.8. The molecule has 1 N–H and O–H groups in total. The predicted molar refractivity (Wildman–Crippen MR) is 117 cm³/mol. The monoisotopic (exact) mass is 454 g/mol. The molecular weight excluding hydrogens is 440 g/mol. The van der Waals surface area contributed by atoms with Crippen molar-refractivity contribution in [3.8, 4) is 17.2 Å². The van der Waals surface area contributed by atoms with Crippen LogP contribution in [0, 0.1) is 13.8 Å². The fraction of sp³-hybridized carbons (Fsp3) is 0.0909. The van der Waals surface area contributed by atoms with Gasteiger partial charge in [-0.1, -0.05) is 45.7 Å². The number of halogens is 2. The number of oxazole rings is 1. The fourth-order valence-corrected chi connectivity index (χ4v) is 3.75. The summed E-state index contributed by atoms with van der Waals surface area (Å²) >= 11 is 9.40. The van der Waals surface area contributed by atoms with E-state index < -0.39 is 0 Å². The predicted octanol–water partition coefficient (Wildman–Crippen LogP) is 6.98. The fourth-order valence-electron chi connectivity index (χ4n) is 2.91. The Morgan fingerprint density at radius 2 is 1.93 bits per heavy atom. The second-order valence-corrected chi connectivity index (χ2v) is 7.85. The molecule has 28 heavy (non-hydrogen) atoms. The summed E-state index contributed by atoms with van der Waals surface area (Å²) in [5, 5.41) is 10.4. The van der Waals surface area contributed by atoms with Gasteiger partial charge < -0.3 is 9.52 Å². The van der Waals surface area contributed by atoms with Gasteiger partial charge in [0, 0.05) is 21.8 Å². The van der Waals surface area contributed by atoms with Crippen molar-refractivity contribution in [2.24, 2.45) is 4.99 Å². The van der Waals surface area contributed by atoms with Crippen LogP contribution in [0.15, 0.2) is 62.4 Å². The molecule has 6 heteroatoms. The molecule has 4 rings (SSSR count). The number of aromatic hydroxyl groups is 1. The van der Waals surface area contributed by atoms with Crippen molar-refractivity contribution < 1.29 is 9.52 Å². The highest BCUT2D eigenvalue weighted by atomic mass is 79.9. The zero-order valence-electron chi connectivity index (χ0n) is 15.2. The molecule has 0 aliphatic carbocycles. The van der Waals surface area contributed by atoms with E-state index in [1.54, 1.807) is 18.3 Å². The lowest BCUT2D eigenvalue weighted by Crippen LogP contribution is -1.86. The quantitative estimate of drug-likeness (QED) is 0.339. The first kappa shape index (κ1) is 18.7. The maximum absolute atomic E-state index is 10.1. The van der Waals surface area contributed by atoms with E-state index in [4.69, 9.17) is 16.0 Å². The van der Waals surface area contributed by atoms with Gasteiger partial charge in [-0.2, -0.15) is 0 Å². The molecule has 1 aromatic heterocycles. The summed E-state index contributed by atoms with van der Waals surface area (Å²) < 4.78 is 6.68. The maximum atomic E-state index is 10.1. The molecule has 4 nitrogen and oxygen atoms in total. The van der Waals surface area contributed by atoms with Crippen LogP contribution in [0.4, 0.5) is 5.69 Å². The van der Waals surface area contributed by atoms with Crippen molar-refractivity contribution in [1.29, 1.82) is 0 Å². The molecule has 0 spiro atoms. The van der Waals surface area contributed by atoms with Crippen molar-refractivity contribution in [3.05, 3.63) is 74.7 Å². The third kappa shape index (κ3) is 3.55. The Bertz CT molecular complexity index is 1230. The van der Waals surface area contributed by atoms with Crippen LogP contribution in [0.1, 0.15) is 16.7 Å². The lowest BCUT2D eigenvalue weighted by atomic mass is 10.1. The van der Waals surface area contributed by atoms with E-state index in [1.165, 1.54) is 0 Å². The molecule has 3 aromatic carbocycles. The van der Waals surface area contributed by atoms with Gasteiger partial charge in [0.25, 0.3) is 0 Å². The summed E-state index contributed by atoms with van der Waals surface area (Å²) in [4.78, 5) is 9.17. The van der Waals surface area contributed by atoms with Crippen LogP contribution in [0.25, 0.3) is 22.6 Å². The lowest BCUT2D eigenvalue weighted by Gasteiger charge is -2.05. The molecule has 0 aliphatic rings. The average molecular weight is 456 g/mol. The number of rotatable bonds is 3. The number of para-hydroxylation sites is 1. The summed E-state index contributed by atoms with van der Waals surface area (Å²) in [6.07, 6.45) is 1.59. The third-order valence-corrected chi connectivity index (χ3v) is 5.22. The Morgan fingerprint density at radius 1 is 1.11 bits per heavy atom. The van der Waals surface area contributed by atoms with Gasteiger partial charge in [-0.15, -0.1) is 0 Å². The van der Waals surface area contributed by atoms with E-state index in [1.807, 2.05) is 50.2 Å². The summed E-state index contributed by atoms with van der Waals surface area (Å²) in [5.41, 5.74) is 5.80. The Labute approximate surface area is 175 Å². The van der Waals surface area contributed by atoms with Gasteiger partial charge in [-0.05, 0) is 55.3 Å². The maximum Gasteiger partial charge on any atom is 0.227 e. The van der Waals surface area contributed by atoms with E-state index in [0.717, 1.165) is 38.0 Å². The molecule has 0 aliphatic heterocycles. The summed E-state index contributed by atoms with van der Waals surface area (Å²) in [5.74, 6) is 0.547. The molecule has 0 saturated heterocycles. The van der Waals surface area contributed by atoms with Gasteiger partial charge in [0.1, 0.15) is 11.3 Å². The molecule has 0 radical (unpaired) electrons. The number of phenols is 1. The molecule has 0 unspecified atom stereocenters. The summed E-state index contributed by atoms with van der Waals surface area (Å²) in [6, 6.07) is 15.1. The highest BCUT2D eigenvalue weighted by Crippen LogP contribution is 2.32. The number of hydrogen-bond acceptors (Lipinski definition) is 4. The SMILES string of the molecule is Cc1ccc(-c2nc3c(C)cccc3o2)cc1N=Cc1cc(Br)cc(Cl)c1O. The minimum atomic E-state index is -0.00292. The molecule has 0 bridgehead atoms. The smallest absolute Gasteiger partial charge is 0.227 e. The van der Waals surface area contributed by atoms with Gasteiger partial charge >= 0.3 is 0 Å². The van der Waals surface area contributed by atoms with Crippen LogP contribution in [0.3, 0.4) is 0 Å². The minimum Gasteiger partial charge on any atom is -0.506 e. The van der Waals surface area contributed by atoms with Gasteiger partial charge in [0.05, 0.1) is 10.7 Å². The number of nitrogens with zero attached hydrogens (tertiary/aromatic N) is 2. The standard InChI is InChI=1S/C22H16BrClN2O2/c1-12-6-7-14(22-26-20-13(2)4-3-5-19(20)28-22)9-18(12)25-11-15-8-16(23)10-17(24)21(15)27/h3-11,27H,1-2H3. The summed E-state index contributed by atoms with van der Waals surface area (Å²) in [7, 11) is 0. The van der Waals surface area contributed by atoms with Gasteiger partial charge in [-0.25, -0.2) is 4.98 Å². The van der Waals surface area contributed by atoms with Gasteiger partial charge in [0.15, 0.2) is 5.58 Å². The first-order valence-electron chi connectivity index (χ1n) is 8.61. The van der Waals surface area contributed by atoms with E-state index in [-0.39, 0.29) is 10.8 Å². The van der Waals surface area contributed by atoms with Crippen LogP contribution in [0.2, 0.25) is 5.02 Å². The number of aromatic nitrogens is 1. The number of phenolic OH excluding ortho intramolecular Hbond substituents is 1. The molecule has 140 valence electrons. The molecule has 0 atom stereocenters. The molecule has 0 fully saturated rings. The average Bonchev–Trinajstić information content (AvgIpc) is 3.10. The first-order chi connectivity index (χ1) is 13.4. The number of benzene rings is 3. The molecule has 1 heterocycles. The van der Waals surface area contributed by atoms with Crippen molar-refractivity contribution >= 4 is 50.5 Å². The number of aryl methyl sites for hydroxylation is 2. The third-order valence-electron chi connectivity index (χ3n) is 4.48. The van der Waals surface area contributed by atoms with Gasteiger partial charge in [-0.3, -0.25) is 4.99 Å².